The summed E-state index contributed by atoms with van der Waals surface area (Å²) in [5, 5.41) is 3.07. The summed E-state index contributed by atoms with van der Waals surface area (Å²) in [5.41, 5.74) is 2.92. The third kappa shape index (κ3) is 2.74. The molecule has 1 N–H and O–H groups in total. The van der Waals surface area contributed by atoms with E-state index in [1.807, 2.05) is 0 Å². The average molecular weight is 383 g/mol. The first-order valence-corrected chi connectivity index (χ1v) is 10.9. The van der Waals surface area contributed by atoms with Crippen molar-refractivity contribution in [1.29, 1.82) is 0 Å². The van der Waals surface area contributed by atoms with E-state index < -0.39 is 0 Å². The van der Waals surface area contributed by atoms with E-state index in [-0.39, 0.29) is 16.4 Å². The summed E-state index contributed by atoms with van der Waals surface area (Å²) in [6.07, 6.45) is 6.94. The highest BCUT2D eigenvalue weighted by molar-refractivity contribution is 8.15. The molecule has 4 atom stereocenters. The molecule has 2 heterocycles. The van der Waals surface area contributed by atoms with E-state index in [9.17, 15) is 9.59 Å². The molecule has 2 amide bonds. The molecule has 1 aromatic carbocycles. The summed E-state index contributed by atoms with van der Waals surface area (Å²) in [6.45, 7) is 6.00. The molecule has 1 saturated heterocycles. The van der Waals surface area contributed by atoms with Crippen molar-refractivity contribution in [3.63, 3.8) is 0 Å². The number of hydrogen-bond acceptors (Lipinski definition) is 3. The molecule has 27 heavy (non-hydrogen) atoms. The fourth-order valence-electron chi connectivity index (χ4n) is 5.79. The van der Waals surface area contributed by atoms with Crippen LogP contribution < -0.4 is 5.32 Å². The van der Waals surface area contributed by atoms with Crippen LogP contribution in [0.25, 0.3) is 10.9 Å². The number of carbonyl (C=O) groups is 2. The quantitative estimate of drug-likeness (QED) is 0.840. The van der Waals surface area contributed by atoms with Crippen molar-refractivity contribution >= 4 is 33.8 Å². The van der Waals surface area contributed by atoms with Gasteiger partial charge in [-0.1, -0.05) is 37.7 Å². The molecule has 3 aliphatic carbocycles. The Labute approximate surface area is 164 Å². The zero-order valence-electron chi connectivity index (χ0n) is 15.9. The second-order valence-corrected chi connectivity index (χ2v) is 10.3. The minimum atomic E-state index is -0.308. The highest BCUT2D eigenvalue weighted by Gasteiger charge is 2.54. The van der Waals surface area contributed by atoms with Gasteiger partial charge in [0, 0.05) is 23.6 Å². The standard InChI is InChI=1S/C22H26N2O2S/c1-22(2)15-7-6-14(17(22)11-15)12-24-9-8-16-13(4-3-5-18(16)24)10-19-20(25)23-21(26)27-19/h3-5,8-9,14-15,17,19H,6-7,10-12H2,1-2H3,(H,23,25,26)/t14-,15+,17+,19?/m1/s1. The van der Waals surface area contributed by atoms with Gasteiger partial charge in [-0.05, 0) is 66.5 Å². The molecule has 3 saturated carbocycles. The van der Waals surface area contributed by atoms with Gasteiger partial charge in [-0.25, -0.2) is 0 Å². The van der Waals surface area contributed by atoms with Crippen molar-refractivity contribution in [1.82, 2.24) is 9.88 Å². The van der Waals surface area contributed by atoms with Crippen LogP contribution in [0.4, 0.5) is 4.79 Å². The molecule has 1 unspecified atom stereocenters. The van der Waals surface area contributed by atoms with Crippen LogP contribution in [0.2, 0.25) is 0 Å². The Balaban J connectivity index is 1.39. The molecule has 4 aliphatic rings. The van der Waals surface area contributed by atoms with Gasteiger partial charge in [0.15, 0.2) is 0 Å². The van der Waals surface area contributed by atoms with Crippen molar-refractivity contribution < 1.29 is 9.59 Å². The van der Waals surface area contributed by atoms with Crippen LogP contribution in [0, 0.1) is 23.2 Å². The van der Waals surface area contributed by atoms with Gasteiger partial charge in [-0.15, -0.1) is 0 Å². The molecule has 1 aliphatic heterocycles. The molecule has 2 aromatic rings. The maximum Gasteiger partial charge on any atom is 0.286 e. The van der Waals surface area contributed by atoms with Crippen LogP contribution in [0.5, 0.6) is 0 Å². The summed E-state index contributed by atoms with van der Waals surface area (Å²) < 4.78 is 2.41. The van der Waals surface area contributed by atoms with Crippen LogP contribution in [0.15, 0.2) is 30.5 Å². The first-order chi connectivity index (χ1) is 12.9. The molecule has 0 spiro atoms. The Bertz CT molecular complexity index is 930. The van der Waals surface area contributed by atoms with Gasteiger partial charge in [0.1, 0.15) is 0 Å². The topological polar surface area (TPSA) is 51.1 Å². The number of thioether (sulfide) groups is 1. The number of imide groups is 1. The molecule has 4 nitrogen and oxygen atoms in total. The zero-order valence-corrected chi connectivity index (χ0v) is 16.7. The number of fused-ring (bicyclic) bond motifs is 3. The number of carbonyl (C=O) groups excluding carboxylic acids is 2. The van der Waals surface area contributed by atoms with Crippen LogP contribution in [0.1, 0.15) is 38.7 Å². The Morgan fingerprint density at radius 2 is 2.07 bits per heavy atom. The van der Waals surface area contributed by atoms with Gasteiger partial charge in [0.05, 0.1) is 5.25 Å². The lowest BCUT2D eigenvalue weighted by atomic mass is 9.45. The summed E-state index contributed by atoms with van der Waals surface area (Å²) in [5.74, 6) is 2.38. The molecule has 4 fully saturated rings. The number of nitrogens with zero attached hydrogens (tertiary/aromatic N) is 1. The van der Waals surface area contributed by atoms with E-state index >= 15 is 0 Å². The summed E-state index contributed by atoms with van der Waals surface area (Å²) in [4.78, 5) is 23.4. The normalized spacial score (nSPS) is 31.8. The Hall–Kier alpha value is -1.75. The van der Waals surface area contributed by atoms with Crippen LogP contribution in [0.3, 0.4) is 0 Å². The lowest BCUT2D eigenvalue weighted by molar-refractivity contribution is -0.118. The fourth-order valence-corrected chi connectivity index (χ4v) is 6.63. The molecule has 1 aromatic heterocycles. The van der Waals surface area contributed by atoms with Gasteiger partial charge >= 0.3 is 0 Å². The van der Waals surface area contributed by atoms with E-state index in [2.05, 4.69) is 54.2 Å². The van der Waals surface area contributed by atoms with Crippen molar-refractivity contribution in [2.24, 2.45) is 23.2 Å². The lowest BCUT2D eigenvalue weighted by Gasteiger charge is -2.60. The number of nitrogens with one attached hydrogen (secondary N) is 1. The highest BCUT2D eigenvalue weighted by atomic mass is 32.2. The zero-order chi connectivity index (χ0) is 18.8. The first-order valence-electron chi connectivity index (χ1n) is 10.0. The number of benzene rings is 1. The maximum absolute atomic E-state index is 11.9. The minimum Gasteiger partial charge on any atom is -0.347 e. The van der Waals surface area contributed by atoms with Gasteiger partial charge in [-0.3, -0.25) is 14.9 Å². The molecule has 5 heteroatoms. The predicted molar refractivity (Wildman–Crippen MR) is 109 cm³/mol. The van der Waals surface area contributed by atoms with Crippen LogP contribution in [-0.4, -0.2) is 21.0 Å². The maximum atomic E-state index is 11.9. The van der Waals surface area contributed by atoms with Crippen molar-refractivity contribution in [2.45, 2.75) is 51.3 Å². The largest absolute Gasteiger partial charge is 0.347 e. The van der Waals surface area contributed by atoms with E-state index in [0.29, 0.717) is 11.8 Å². The van der Waals surface area contributed by atoms with Crippen LogP contribution >= 0.6 is 11.8 Å². The smallest absolute Gasteiger partial charge is 0.286 e. The van der Waals surface area contributed by atoms with E-state index in [0.717, 1.165) is 41.6 Å². The molecular formula is C22H26N2O2S. The van der Waals surface area contributed by atoms with Crippen LogP contribution in [-0.2, 0) is 17.8 Å². The van der Waals surface area contributed by atoms with E-state index in [1.165, 1.54) is 30.2 Å². The number of rotatable bonds is 4. The Morgan fingerprint density at radius 1 is 1.22 bits per heavy atom. The summed E-state index contributed by atoms with van der Waals surface area (Å²) >= 11 is 1.11. The predicted octanol–water partition coefficient (Wildman–Crippen LogP) is 4.61. The average Bonchev–Trinajstić information content (AvgIpc) is 3.18. The monoisotopic (exact) mass is 382 g/mol. The summed E-state index contributed by atoms with van der Waals surface area (Å²) in [6, 6.07) is 8.53. The Morgan fingerprint density at radius 3 is 2.78 bits per heavy atom. The van der Waals surface area contributed by atoms with Gasteiger partial charge in [-0.2, -0.15) is 0 Å². The lowest BCUT2D eigenvalue weighted by Crippen LogP contribution is -2.53. The SMILES string of the molecule is CC1(C)[C@H]2CC[C@H](Cn3ccc4c(CC5SC(=O)NC5=O)cccc43)[C@@H]1C2. The van der Waals surface area contributed by atoms with Crippen molar-refractivity contribution in [3.8, 4) is 0 Å². The molecule has 0 radical (unpaired) electrons. The molecule has 6 rings (SSSR count). The van der Waals surface area contributed by atoms with E-state index in [1.54, 1.807) is 0 Å². The van der Waals surface area contributed by atoms with Crippen molar-refractivity contribution in [2.75, 3.05) is 0 Å². The highest BCUT2D eigenvalue weighted by Crippen LogP contribution is 2.61. The number of hydrogen-bond donors (Lipinski definition) is 1. The second-order valence-electron chi connectivity index (χ2n) is 9.10. The first kappa shape index (κ1) is 17.4. The van der Waals surface area contributed by atoms with Crippen molar-refractivity contribution in [3.05, 3.63) is 36.0 Å². The third-order valence-electron chi connectivity index (χ3n) is 7.51. The second kappa shape index (κ2) is 6.13. The van der Waals surface area contributed by atoms with Gasteiger partial charge < -0.3 is 4.57 Å². The van der Waals surface area contributed by atoms with E-state index in [4.69, 9.17) is 0 Å². The summed E-state index contributed by atoms with van der Waals surface area (Å²) in [7, 11) is 0. The van der Waals surface area contributed by atoms with Gasteiger partial charge in [0.2, 0.25) is 5.91 Å². The number of amides is 2. The molecule has 2 bridgehead atoms. The third-order valence-corrected chi connectivity index (χ3v) is 8.49. The fraction of sp³-hybridized carbons (Fsp3) is 0.545. The molecule has 142 valence electrons. The van der Waals surface area contributed by atoms with Gasteiger partial charge in [0.25, 0.3) is 5.24 Å². The minimum absolute atomic E-state index is 0.162. The molecular weight excluding hydrogens is 356 g/mol. The Kier molecular flexibility index (Phi) is 3.94. The number of aromatic nitrogens is 1.